The Hall–Kier alpha value is -1.31. The summed E-state index contributed by atoms with van der Waals surface area (Å²) in [6.07, 6.45) is 0.863. The highest BCUT2D eigenvalue weighted by Crippen LogP contribution is 2.14. The lowest BCUT2D eigenvalue weighted by atomic mass is 10.1. The zero-order valence-corrected chi connectivity index (χ0v) is 8.92. The summed E-state index contributed by atoms with van der Waals surface area (Å²) < 4.78 is 0. The second kappa shape index (κ2) is 4.80. The molecule has 14 heavy (non-hydrogen) atoms. The van der Waals surface area contributed by atoms with Crippen LogP contribution in [0, 0.1) is 18.9 Å². The number of anilines is 1. The van der Waals surface area contributed by atoms with Gasteiger partial charge in [0.25, 0.3) is 0 Å². The molecule has 1 atom stereocenters. The van der Waals surface area contributed by atoms with Crippen molar-refractivity contribution in [2.75, 3.05) is 5.32 Å². The molecule has 0 spiro atoms. The number of hydrogen-bond acceptors (Lipinski definition) is 1. The highest BCUT2D eigenvalue weighted by Gasteiger charge is 2.10. The smallest absolute Gasteiger partial charge is 0.227 e. The lowest BCUT2D eigenvalue weighted by Crippen LogP contribution is -2.20. The monoisotopic (exact) mass is 190 g/mol. The molecule has 1 N–H and O–H groups in total. The average Bonchev–Trinajstić information content (AvgIpc) is 2.20. The van der Waals surface area contributed by atoms with Crippen molar-refractivity contribution in [3.8, 4) is 0 Å². The summed E-state index contributed by atoms with van der Waals surface area (Å²) >= 11 is 0. The van der Waals surface area contributed by atoms with Crippen LogP contribution in [0.3, 0.4) is 0 Å². The van der Waals surface area contributed by atoms with Gasteiger partial charge in [-0.2, -0.15) is 0 Å². The fourth-order valence-electron chi connectivity index (χ4n) is 1.08. The molecule has 1 unspecified atom stereocenters. The Morgan fingerprint density at radius 1 is 1.64 bits per heavy atom. The molecule has 0 aromatic heterocycles. The van der Waals surface area contributed by atoms with E-state index in [-0.39, 0.29) is 11.8 Å². The molecular weight excluding hydrogens is 174 g/mol. The molecule has 0 aliphatic rings. The predicted molar refractivity (Wildman–Crippen MR) is 58.1 cm³/mol. The van der Waals surface area contributed by atoms with Crippen molar-refractivity contribution in [3.05, 3.63) is 29.8 Å². The Labute approximate surface area is 85.3 Å². The molecule has 2 nitrogen and oxygen atoms in total. The highest BCUT2D eigenvalue weighted by molar-refractivity contribution is 5.92. The van der Waals surface area contributed by atoms with Crippen LogP contribution >= 0.6 is 0 Å². The number of hydrogen-bond donors (Lipinski definition) is 1. The van der Waals surface area contributed by atoms with Crippen molar-refractivity contribution >= 4 is 11.6 Å². The Morgan fingerprint density at radius 3 is 2.93 bits per heavy atom. The van der Waals surface area contributed by atoms with E-state index in [0.29, 0.717) is 0 Å². The van der Waals surface area contributed by atoms with E-state index in [1.807, 2.05) is 32.9 Å². The van der Waals surface area contributed by atoms with Gasteiger partial charge in [0.05, 0.1) is 0 Å². The molecule has 1 radical (unpaired) electrons. The van der Waals surface area contributed by atoms with Crippen molar-refractivity contribution in [1.29, 1.82) is 0 Å². The molecule has 1 aromatic carbocycles. The highest BCUT2D eigenvalue weighted by atomic mass is 16.1. The van der Waals surface area contributed by atoms with Crippen LogP contribution in [-0.2, 0) is 4.79 Å². The first kappa shape index (κ1) is 10.8. The van der Waals surface area contributed by atoms with Gasteiger partial charge < -0.3 is 5.32 Å². The Balaban J connectivity index is 2.70. The quantitative estimate of drug-likeness (QED) is 0.780. The summed E-state index contributed by atoms with van der Waals surface area (Å²) in [4.78, 5) is 11.6. The molecule has 1 amide bonds. The lowest BCUT2D eigenvalue weighted by molar-refractivity contribution is -0.119. The number of aryl methyl sites for hydroxylation is 1. The summed E-state index contributed by atoms with van der Waals surface area (Å²) in [6.45, 7) is 5.91. The van der Waals surface area contributed by atoms with Gasteiger partial charge in [0.1, 0.15) is 0 Å². The second-order valence-electron chi connectivity index (χ2n) is 3.54. The van der Waals surface area contributed by atoms with Crippen LogP contribution < -0.4 is 5.32 Å². The molecule has 0 saturated heterocycles. The van der Waals surface area contributed by atoms with Crippen molar-refractivity contribution < 1.29 is 4.79 Å². The van der Waals surface area contributed by atoms with Gasteiger partial charge in [-0.15, -0.1) is 0 Å². The lowest BCUT2D eigenvalue weighted by Gasteiger charge is -2.11. The van der Waals surface area contributed by atoms with Gasteiger partial charge in [-0.3, -0.25) is 4.79 Å². The number of nitrogens with one attached hydrogen (secondary N) is 1. The van der Waals surface area contributed by atoms with E-state index in [1.165, 1.54) is 0 Å². The van der Waals surface area contributed by atoms with E-state index >= 15 is 0 Å². The largest absolute Gasteiger partial charge is 0.326 e. The molecule has 1 rings (SSSR count). The first-order valence-electron chi connectivity index (χ1n) is 4.92. The van der Waals surface area contributed by atoms with Crippen molar-refractivity contribution in [1.82, 2.24) is 0 Å². The van der Waals surface area contributed by atoms with Gasteiger partial charge in [0, 0.05) is 11.6 Å². The van der Waals surface area contributed by atoms with E-state index in [1.54, 1.807) is 6.07 Å². The van der Waals surface area contributed by atoms with Gasteiger partial charge in [0.15, 0.2) is 0 Å². The topological polar surface area (TPSA) is 29.1 Å². The van der Waals surface area contributed by atoms with E-state index in [4.69, 9.17) is 0 Å². The number of amides is 1. The maximum Gasteiger partial charge on any atom is 0.227 e. The van der Waals surface area contributed by atoms with Crippen LogP contribution in [0.25, 0.3) is 0 Å². The second-order valence-corrected chi connectivity index (χ2v) is 3.54. The summed E-state index contributed by atoms with van der Waals surface area (Å²) in [5.41, 5.74) is 1.93. The van der Waals surface area contributed by atoms with Crippen LogP contribution in [0.2, 0.25) is 0 Å². The standard InChI is InChI=1S/C12H16NO/c1-4-9(2)12(14)13-11-8-6-5-7-10(11)3/h5,7-9H,4H2,1-3H3,(H,13,14). The Bertz CT molecular complexity index is 320. The van der Waals surface area contributed by atoms with Crippen LogP contribution in [0.15, 0.2) is 18.2 Å². The van der Waals surface area contributed by atoms with Crippen molar-refractivity contribution in [2.24, 2.45) is 5.92 Å². The minimum atomic E-state index is 0.0645. The SMILES string of the molecule is CCC(C)C(=O)Nc1c[c]ccc1C. The van der Waals surface area contributed by atoms with Crippen LogP contribution in [-0.4, -0.2) is 5.91 Å². The van der Waals surface area contributed by atoms with Gasteiger partial charge in [-0.25, -0.2) is 0 Å². The first-order valence-corrected chi connectivity index (χ1v) is 4.92. The van der Waals surface area contributed by atoms with Crippen molar-refractivity contribution in [2.45, 2.75) is 27.2 Å². The Morgan fingerprint density at radius 2 is 2.36 bits per heavy atom. The summed E-state index contributed by atoms with van der Waals surface area (Å²) in [7, 11) is 0. The molecule has 2 heteroatoms. The summed E-state index contributed by atoms with van der Waals surface area (Å²) in [5.74, 6) is 0.143. The molecule has 75 valence electrons. The van der Waals surface area contributed by atoms with Gasteiger partial charge >= 0.3 is 0 Å². The number of carbonyl (C=O) groups excluding carboxylic acids is 1. The minimum Gasteiger partial charge on any atom is -0.326 e. The maximum atomic E-state index is 11.6. The van der Waals surface area contributed by atoms with Crippen LogP contribution in [0.4, 0.5) is 5.69 Å². The van der Waals surface area contributed by atoms with Gasteiger partial charge in [-0.1, -0.05) is 26.0 Å². The molecule has 0 bridgehead atoms. The first-order chi connectivity index (χ1) is 6.65. The summed E-state index contributed by atoms with van der Waals surface area (Å²) in [6, 6.07) is 8.53. The summed E-state index contributed by atoms with van der Waals surface area (Å²) in [5, 5.41) is 2.89. The average molecular weight is 190 g/mol. The van der Waals surface area contributed by atoms with Gasteiger partial charge in [0.2, 0.25) is 5.91 Å². The third kappa shape index (κ3) is 2.59. The number of benzene rings is 1. The fourth-order valence-corrected chi connectivity index (χ4v) is 1.08. The molecule has 0 saturated carbocycles. The molecule has 0 aliphatic carbocycles. The third-order valence-corrected chi connectivity index (χ3v) is 2.40. The molecule has 1 aromatic rings. The normalized spacial score (nSPS) is 12.2. The molecule has 0 heterocycles. The van der Waals surface area contributed by atoms with E-state index < -0.39 is 0 Å². The zero-order chi connectivity index (χ0) is 10.6. The van der Waals surface area contributed by atoms with Crippen LogP contribution in [0.5, 0.6) is 0 Å². The predicted octanol–water partition coefficient (Wildman–Crippen LogP) is 2.78. The molecule has 0 fully saturated rings. The number of carbonyl (C=O) groups is 1. The fraction of sp³-hybridized carbons (Fsp3) is 0.417. The minimum absolute atomic E-state index is 0.0645. The third-order valence-electron chi connectivity index (χ3n) is 2.40. The van der Waals surface area contributed by atoms with E-state index in [2.05, 4.69) is 11.4 Å². The zero-order valence-electron chi connectivity index (χ0n) is 8.92. The van der Waals surface area contributed by atoms with Gasteiger partial charge in [-0.05, 0) is 31.0 Å². The number of rotatable bonds is 3. The maximum absolute atomic E-state index is 11.6. The van der Waals surface area contributed by atoms with Crippen LogP contribution in [0.1, 0.15) is 25.8 Å². The molecular formula is C12H16NO. The van der Waals surface area contributed by atoms with E-state index in [9.17, 15) is 4.79 Å². The molecule has 0 aliphatic heterocycles. The van der Waals surface area contributed by atoms with Crippen molar-refractivity contribution in [3.63, 3.8) is 0 Å². The Kier molecular flexibility index (Phi) is 3.69. The van der Waals surface area contributed by atoms with E-state index in [0.717, 1.165) is 17.7 Å².